The second kappa shape index (κ2) is 8.05. The van der Waals surface area contributed by atoms with Gasteiger partial charge >= 0.3 is 0 Å². The van der Waals surface area contributed by atoms with Crippen molar-refractivity contribution in [2.75, 3.05) is 11.9 Å². The molecule has 6 heteroatoms. The van der Waals surface area contributed by atoms with Gasteiger partial charge in [0.15, 0.2) is 0 Å². The van der Waals surface area contributed by atoms with E-state index in [2.05, 4.69) is 29.1 Å². The van der Waals surface area contributed by atoms with Crippen LogP contribution in [-0.4, -0.2) is 33.4 Å². The van der Waals surface area contributed by atoms with E-state index < -0.39 is 0 Å². The second-order valence-corrected chi connectivity index (χ2v) is 8.24. The van der Waals surface area contributed by atoms with Crippen molar-refractivity contribution in [1.82, 2.24) is 14.9 Å². The molecule has 1 aromatic carbocycles. The van der Waals surface area contributed by atoms with Gasteiger partial charge in [0.2, 0.25) is 5.91 Å². The Kier molecular flexibility index (Phi) is 5.75. The van der Waals surface area contributed by atoms with Gasteiger partial charge < -0.3 is 10.2 Å². The quantitative estimate of drug-likeness (QED) is 0.683. The zero-order chi connectivity index (χ0) is 19.6. The van der Waals surface area contributed by atoms with E-state index in [0.717, 1.165) is 21.6 Å². The predicted molar refractivity (Wildman–Crippen MR) is 112 cm³/mol. The first kappa shape index (κ1) is 19.3. The molecule has 3 aromatic rings. The summed E-state index contributed by atoms with van der Waals surface area (Å²) in [4.78, 5) is 26.1. The maximum absolute atomic E-state index is 12.9. The number of aromatic nitrogens is 2. The topological polar surface area (TPSA) is 58.1 Å². The van der Waals surface area contributed by atoms with Crippen molar-refractivity contribution < 1.29 is 4.79 Å². The van der Waals surface area contributed by atoms with Crippen molar-refractivity contribution >= 4 is 33.3 Å². The lowest BCUT2D eigenvalue weighted by Crippen LogP contribution is -2.40. The number of benzene rings is 1. The number of amides is 1. The monoisotopic (exact) mass is 382 g/mol. The number of nitrogens with zero attached hydrogens (tertiary/aromatic N) is 3. The van der Waals surface area contributed by atoms with Gasteiger partial charge in [0, 0.05) is 17.5 Å². The Hall–Kier alpha value is -2.47. The van der Waals surface area contributed by atoms with E-state index in [4.69, 9.17) is 0 Å². The van der Waals surface area contributed by atoms with Crippen LogP contribution in [0.3, 0.4) is 0 Å². The third-order valence-corrected chi connectivity index (χ3v) is 5.79. The van der Waals surface area contributed by atoms with Gasteiger partial charge in [-0.25, -0.2) is 9.97 Å². The number of thiophene rings is 1. The maximum Gasteiger partial charge on any atom is 0.242 e. The molecular formula is C21H26N4OS. The van der Waals surface area contributed by atoms with E-state index in [1.807, 2.05) is 56.0 Å². The minimum absolute atomic E-state index is 0.0582. The number of hydrogen-bond acceptors (Lipinski definition) is 5. The Bertz CT molecular complexity index is 950. The Balaban J connectivity index is 1.79. The number of fused-ring (bicyclic) bond motifs is 1. The average Bonchev–Trinajstić information content (AvgIpc) is 2.91. The molecule has 1 amide bonds. The second-order valence-electron chi connectivity index (χ2n) is 7.04. The van der Waals surface area contributed by atoms with Crippen molar-refractivity contribution in [3.05, 3.63) is 52.2 Å². The van der Waals surface area contributed by atoms with Crippen LogP contribution >= 0.6 is 11.3 Å². The number of nitrogens with one attached hydrogen (secondary N) is 1. The Labute approximate surface area is 164 Å². The molecule has 1 N–H and O–H groups in total. The van der Waals surface area contributed by atoms with Gasteiger partial charge in [-0.05, 0) is 45.7 Å². The van der Waals surface area contributed by atoms with E-state index in [9.17, 15) is 4.79 Å². The highest BCUT2D eigenvalue weighted by Crippen LogP contribution is 2.33. The lowest BCUT2D eigenvalue weighted by molar-refractivity contribution is -0.131. The minimum atomic E-state index is 0.0582. The molecule has 2 aromatic heterocycles. The van der Waals surface area contributed by atoms with Crippen LogP contribution in [0.25, 0.3) is 10.2 Å². The first-order chi connectivity index (χ1) is 12.9. The number of hydrogen-bond donors (Lipinski definition) is 1. The summed E-state index contributed by atoms with van der Waals surface area (Å²) in [5.41, 5.74) is 2.30. The van der Waals surface area contributed by atoms with E-state index in [-0.39, 0.29) is 18.5 Å². The van der Waals surface area contributed by atoms with Crippen LogP contribution in [-0.2, 0) is 11.3 Å². The summed E-state index contributed by atoms with van der Waals surface area (Å²) >= 11 is 1.67. The van der Waals surface area contributed by atoms with Crippen LogP contribution in [0.4, 0.5) is 5.82 Å². The Morgan fingerprint density at radius 2 is 1.85 bits per heavy atom. The molecule has 0 fully saturated rings. The highest BCUT2D eigenvalue weighted by atomic mass is 32.1. The molecular weight excluding hydrogens is 356 g/mol. The summed E-state index contributed by atoms with van der Waals surface area (Å²) in [7, 11) is 0. The molecule has 5 nitrogen and oxygen atoms in total. The van der Waals surface area contributed by atoms with Crippen LogP contribution in [0.1, 0.15) is 35.7 Å². The molecule has 0 bridgehead atoms. The van der Waals surface area contributed by atoms with E-state index in [1.165, 1.54) is 10.4 Å². The highest BCUT2D eigenvalue weighted by Gasteiger charge is 2.19. The zero-order valence-electron chi connectivity index (χ0n) is 16.5. The van der Waals surface area contributed by atoms with Crippen LogP contribution in [0.15, 0.2) is 30.3 Å². The molecule has 0 saturated heterocycles. The maximum atomic E-state index is 12.9. The summed E-state index contributed by atoms with van der Waals surface area (Å²) in [6.07, 6.45) is 0. The molecule has 0 unspecified atom stereocenters. The highest BCUT2D eigenvalue weighted by molar-refractivity contribution is 7.18. The molecule has 2 heterocycles. The molecule has 0 aliphatic carbocycles. The van der Waals surface area contributed by atoms with Crippen molar-refractivity contribution in [2.45, 2.75) is 47.2 Å². The van der Waals surface area contributed by atoms with E-state index in [1.54, 1.807) is 11.3 Å². The average molecular weight is 383 g/mol. The SMILES string of the molecule is Cc1nc(NCC(=O)N(Cc2ccccc2)C(C)C)c2c(C)c(C)sc2n1. The van der Waals surface area contributed by atoms with Crippen LogP contribution < -0.4 is 5.32 Å². The molecule has 0 aliphatic heterocycles. The van der Waals surface area contributed by atoms with Crippen molar-refractivity contribution in [3.63, 3.8) is 0 Å². The number of aryl methyl sites for hydroxylation is 3. The Morgan fingerprint density at radius 3 is 2.52 bits per heavy atom. The largest absolute Gasteiger partial charge is 0.360 e. The third kappa shape index (κ3) is 4.27. The summed E-state index contributed by atoms with van der Waals surface area (Å²) < 4.78 is 0. The summed E-state index contributed by atoms with van der Waals surface area (Å²) in [6, 6.07) is 10.2. The fraction of sp³-hybridized carbons (Fsp3) is 0.381. The number of rotatable bonds is 6. The number of anilines is 1. The van der Waals surface area contributed by atoms with Crippen molar-refractivity contribution in [1.29, 1.82) is 0 Å². The fourth-order valence-electron chi connectivity index (χ4n) is 3.08. The first-order valence-electron chi connectivity index (χ1n) is 9.18. The lowest BCUT2D eigenvalue weighted by Gasteiger charge is -2.27. The smallest absolute Gasteiger partial charge is 0.242 e. The molecule has 0 radical (unpaired) electrons. The molecule has 0 aliphatic rings. The standard InChI is InChI=1S/C21H26N4OS/c1-13(2)25(12-17-9-7-6-8-10-17)18(26)11-22-20-19-14(3)15(4)27-21(19)24-16(5)23-20/h6-10,13H,11-12H2,1-5H3,(H,22,23,24). The minimum Gasteiger partial charge on any atom is -0.360 e. The van der Waals surface area contributed by atoms with Gasteiger partial charge in [0.25, 0.3) is 0 Å². The lowest BCUT2D eigenvalue weighted by atomic mass is 10.2. The normalized spacial score (nSPS) is 11.2. The molecule has 0 spiro atoms. The van der Waals surface area contributed by atoms with Crippen LogP contribution in [0.2, 0.25) is 0 Å². The number of carbonyl (C=O) groups excluding carboxylic acids is 1. The molecule has 3 rings (SSSR count). The third-order valence-electron chi connectivity index (χ3n) is 4.69. The summed E-state index contributed by atoms with van der Waals surface area (Å²) in [5, 5.41) is 4.29. The summed E-state index contributed by atoms with van der Waals surface area (Å²) in [5.74, 6) is 1.52. The summed E-state index contributed by atoms with van der Waals surface area (Å²) in [6.45, 7) is 11.0. The van der Waals surface area contributed by atoms with Gasteiger partial charge in [0.05, 0.1) is 11.9 Å². The molecule has 0 atom stereocenters. The zero-order valence-corrected chi connectivity index (χ0v) is 17.4. The van der Waals surface area contributed by atoms with Gasteiger partial charge in [-0.3, -0.25) is 4.79 Å². The molecule has 142 valence electrons. The fourth-order valence-corrected chi connectivity index (χ4v) is 4.16. The van der Waals surface area contributed by atoms with Gasteiger partial charge in [0.1, 0.15) is 16.5 Å². The van der Waals surface area contributed by atoms with Gasteiger partial charge in [-0.15, -0.1) is 11.3 Å². The molecule has 27 heavy (non-hydrogen) atoms. The van der Waals surface area contributed by atoms with Gasteiger partial charge in [-0.1, -0.05) is 30.3 Å². The van der Waals surface area contributed by atoms with Crippen molar-refractivity contribution in [3.8, 4) is 0 Å². The van der Waals surface area contributed by atoms with Crippen molar-refractivity contribution in [2.24, 2.45) is 0 Å². The molecule has 0 saturated carbocycles. The van der Waals surface area contributed by atoms with E-state index in [0.29, 0.717) is 12.4 Å². The van der Waals surface area contributed by atoms with Crippen LogP contribution in [0, 0.1) is 20.8 Å². The van der Waals surface area contributed by atoms with E-state index >= 15 is 0 Å². The number of carbonyl (C=O) groups is 1. The Morgan fingerprint density at radius 1 is 1.15 bits per heavy atom. The van der Waals surface area contributed by atoms with Gasteiger partial charge in [-0.2, -0.15) is 0 Å². The van der Waals surface area contributed by atoms with Crippen LogP contribution in [0.5, 0.6) is 0 Å². The first-order valence-corrected chi connectivity index (χ1v) is 10.00. The predicted octanol–water partition coefficient (Wildman–Crippen LogP) is 4.47.